The minimum absolute atomic E-state index is 0.277. The van der Waals surface area contributed by atoms with E-state index in [1.54, 1.807) is 12.1 Å². The second-order valence-electron chi connectivity index (χ2n) is 10.9. The van der Waals surface area contributed by atoms with Crippen LogP contribution in [0.2, 0.25) is 5.02 Å². The molecule has 0 bridgehead atoms. The Kier molecular flexibility index (Phi) is 8.47. The molecule has 42 heavy (non-hydrogen) atoms. The van der Waals surface area contributed by atoms with Crippen LogP contribution in [0.1, 0.15) is 11.1 Å². The van der Waals surface area contributed by atoms with Crippen molar-refractivity contribution in [2.24, 2.45) is 0 Å². The van der Waals surface area contributed by atoms with Crippen molar-refractivity contribution in [1.29, 1.82) is 0 Å². The fourth-order valence-electron chi connectivity index (χ4n) is 5.57. The molecule has 2 heterocycles. The van der Waals surface area contributed by atoms with Gasteiger partial charge in [-0.2, -0.15) is 0 Å². The van der Waals surface area contributed by atoms with Gasteiger partial charge in [0.1, 0.15) is 30.5 Å². The van der Waals surface area contributed by atoms with Gasteiger partial charge in [-0.1, -0.05) is 54.1 Å². The highest BCUT2D eigenvalue weighted by molar-refractivity contribution is 6.33. The van der Waals surface area contributed by atoms with E-state index in [-0.39, 0.29) is 5.82 Å². The first-order chi connectivity index (χ1) is 20.5. The van der Waals surface area contributed by atoms with E-state index in [2.05, 4.69) is 40.0 Å². The zero-order chi connectivity index (χ0) is 29.1. The van der Waals surface area contributed by atoms with E-state index < -0.39 is 0 Å². The van der Waals surface area contributed by atoms with Gasteiger partial charge >= 0.3 is 0 Å². The topological polar surface area (TPSA) is 40.7 Å². The number of fused-ring (bicyclic) bond motifs is 1. The average Bonchev–Trinajstić information content (AvgIpc) is 3.40. The maximum Gasteiger partial charge on any atom is 0.138 e. The lowest BCUT2D eigenvalue weighted by atomic mass is 9.94. The summed E-state index contributed by atoms with van der Waals surface area (Å²) in [5, 5.41) is 1.55. The van der Waals surface area contributed by atoms with E-state index >= 15 is 0 Å². The highest BCUT2D eigenvalue weighted by atomic mass is 35.5. The van der Waals surface area contributed by atoms with E-state index in [0.29, 0.717) is 24.0 Å². The Morgan fingerprint density at radius 3 is 2.36 bits per heavy atom. The normalized spacial score (nSPS) is 14.4. The average molecular weight is 584 g/mol. The van der Waals surface area contributed by atoms with Crippen molar-refractivity contribution in [1.82, 2.24) is 14.8 Å². The first kappa shape index (κ1) is 28.3. The Morgan fingerprint density at radius 1 is 0.833 bits per heavy atom. The van der Waals surface area contributed by atoms with Crippen LogP contribution < -0.4 is 9.47 Å². The van der Waals surface area contributed by atoms with Gasteiger partial charge < -0.3 is 19.4 Å². The van der Waals surface area contributed by atoms with Gasteiger partial charge in [0.2, 0.25) is 0 Å². The number of hydrogen-bond acceptors (Lipinski definition) is 4. The number of piperazine rings is 1. The maximum atomic E-state index is 13.9. The largest absolute Gasteiger partial charge is 0.491 e. The predicted molar refractivity (Wildman–Crippen MR) is 169 cm³/mol. The summed E-state index contributed by atoms with van der Waals surface area (Å²) in [6, 6.07) is 26.7. The molecule has 5 nitrogen and oxygen atoms in total. The van der Waals surface area contributed by atoms with Crippen LogP contribution in [-0.4, -0.2) is 61.2 Å². The van der Waals surface area contributed by atoms with Gasteiger partial charge in [0.05, 0.1) is 21.6 Å². The van der Waals surface area contributed by atoms with Crippen LogP contribution in [0.4, 0.5) is 4.39 Å². The number of likely N-dealkylation sites (N-methyl/N-ethyl adjacent to an activating group) is 1. The zero-order valence-electron chi connectivity index (χ0n) is 24.0. The third kappa shape index (κ3) is 6.02. The lowest BCUT2D eigenvalue weighted by Gasteiger charge is -2.32. The van der Waals surface area contributed by atoms with E-state index in [4.69, 9.17) is 21.1 Å². The molecule has 5 aromatic rings. The van der Waals surface area contributed by atoms with Gasteiger partial charge in [-0.25, -0.2) is 4.39 Å². The molecule has 0 aliphatic carbocycles. The first-order valence-electron chi connectivity index (χ1n) is 14.4. The second-order valence-corrected chi connectivity index (χ2v) is 11.3. The highest BCUT2D eigenvalue weighted by Crippen LogP contribution is 2.46. The van der Waals surface area contributed by atoms with Gasteiger partial charge in [0.25, 0.3) is 0 Å². The summed E-state index contributed by atoms with van der Waals surface area (Å²) in [6.45, 7) is 8.15. The summed E-state index contributed by atoms with van der Waals surface area (Å²) in [5.41, 5.74) is 6.61. The van der Waals surface area contributed by atoms with Crippen molar-refractivity contribution < 1.29 is 13.9 Å². The summed E-state index contributed by atoms with van der Waals surface area (Å²) < 4.78 is 26.5. The molecular weight excluding hydrogens is 549 g/mol. The van der Waals surface area contributed by atoms with Gasteiger partial charge in [-0.15, -0.1) is 0 Å². The number of aromatic nitrogens is 1. The predicted octanol–water partition coefficient (Wildman–Crippen LogP) is 7.81. The number of aromatic amines is 1. The Morgan fingerprint density at radius 2 is 1.60 bits per heavy atom. The summed E-state index contributed by atoms with van der Waals surface area (Å²) in [6.07, 6.45) is 0. The second kappa shape index (κ2) is 12.6. The number of ether oxygens (including phenoxy) is 2. The zero-order valence-corrected chi connectivity index (χ0v) is 24.8. The van der Waals surface area contributed by atoms with Crippen molar-refractivity contribution >= 4 is 22.5 Å². The number of halogens is 2. The number of rotatable bonds is 9. The van der Waals surface area contributed by atoms with Crippen molar-refractivity contribution in [3.8, 4) is 33.9 Å². The van der Waals surface area contributed by atoms with Gasteiger partial charge in [0.15, 0.2) is 0 Å². The van der Waals surface area contributed by atoms with Crippen LogP contribution in [0.25, 0.3) is 33.3 Å². The van der Waals surface area contributed by atoms with E-state index in [1.807, 2.05) is 49.4 Å². The molecule has 1 N–H and O–H groups in total. The quantitative estimate of drug-likeness (QED) is 0.192. The van der Waals surface area contributed by atoms with Crippen LogP contribution in [-0.2, 0) is 6.61 Å². The Hall–Kier alpha value is -3.84. The van der Waals surface area contributed by atoms with Crippen LogP contribution >= 0.6 is 11.6 Å². The molecule has 1 fully saturated rings. The number of H-pyrrole nitrogens is 1. The Balaban J connectivity index is 1.36. The molecule has 0 unspecified atom stereocenters. The smallest absolute Gasteiger partial charge is 0.138 e. The number of hydrogen-bond donors (Lipinski definition) is 1. The molecule has 1 saturated heterocycles. The molecule has 4 aromatic carbocycles. The summed E-state index contributed by atoms with van der Waals surface area (Å²) in [4.78, 5) is 8.36. The van der Waals surface area contributed by atoms with Crippen LogP contribution in [0, 0.1) is 12.7 Å². The monoisotopic (exact) mass is 583 g/mol. The van der Waals surface area contributed by atoms with E-state index in [0.717, 1.165) is 82.9 Å². The number of nitrogens with one attached hydrogen (secondary N) is 1. The van der Waals surface area contributed by atoms with Crippen LogP contribution in [0.15, 0.2) is 84.9 Å². The minimum Gasteiger partial charge on any atom is -0.491 e. The fourth-order valence-corrected chi connectivity index (χ4v) is 5.79. The molecule has 216 valence electrons. The molecule has 1 aliphatic rings. The van der Waals surface area contributed by atoms with Crippen LogP contribution in [0.3, 0.4) is 0 Å². The van der Waals surface area contributed by atoms with Crippen molar-refractivity contribution in [2.75, 3.05) is 46.4 Å². The van der Waals surface area contributed by atoms with E-state index in [1.165, 1.54) is 12.1 Å². The SMILES string of the molecule is Cc1c(-c2c(-c3ccc(F)cc3)[nH]c3cccc(OCc4ccccc4)c23)ccc(OCCN2CCN(C)CC2)c1Cl. The molecule has 0 atom stereocenters. The Labute approximate surface area is 251 Å². The molecule has 1 aliphatic heterocycles. The molecule has 1 aromatic heterocycles. The third-order valence-electron chi connectivity index (χ3n) is 8.04. The highest BCUT2D eigenvalue weighted by Gasteiger charge is 2.22. The van der Waals surface area contributed by atoms with Gasteiger partial charge in [-0.05, 0) is 78.7 Å². The third-order valence-corrected chi connectivity index (χ3v) is 8.51. The van der Waals surface area contributed by atoms with Crippen LogP contribution in [0.5, 0.6) is 11.5 Å². The Bertz CT molecular complexity index is 1660. The number of nitrogens with zero attached hydrogens (tertiary/aromatic N) is 2. The molecule has 0 spiro atoms. The maximum absolute atomic E-state index is 13.9. The number of benzene rings is 4. The summed E-state index contributed by atoms with van der Waals surface area (Å²) in [5.74, 6) is 1.16. The summed E-state index contributed by atoms with van der Waals surface area (Å²) in [7, 11) is 2.16. The van der Waals surface area contributed by atoms with E-state index in [9.17, 15) is 4.39 Å². The molecule has 0 amide bonds. The van der Waals surface area contributed by atoms with Gasteiger partial charge in [0, 0.05) is 38.3 Å². The van der Waals surface area contributed by atoms with Crippen molar-refractivity contribution in [2.45, 2.75) is 13.5 Å². The fraction of sp³-hybridized carbons (Fsp3) is 0.257. The lowest BCUT2D eigenvalue weighted by Crippen LogP contribution is -2.45. The lowest BCUT2D eigenvalue weighted by molar-refractivity contribution is 0.134. The molecular formula is C35H35ClFN3O2. The molecule has 0 radical (unpaired) electrons. The van der Waals surface area contributed by atoms with Crippen molar-refractivity contribution in [3.63, 3.8) is 0 Å². The molecule has 0 saturated carbocycles. The molecule has 7 heteroatoms. The minimum atomic E-state index is -0.277. The molecule has 6 rings (SSSR count). The van der Waals surface area contributed by atoms with Gasteiger partial charge in [-0.3, -0.25) is 4.90 Å². The summed E-state index contributed by atoms with van der Waals surface area (Å²) >= 11 is 6.97. The standard InChI is InChI=1S/C35H35ClFN3O2/c1-24-28(15-16-31(34(24)36)41-22-21-40-19-17-39(2)18-20-40)32-33-29(38-35(32)26-11-13-27(37)14-12-26)9-6-10-30(33)42-23-25-7-4-3-5-8-25/h3-16,38H,17-23H2,1-2H3. The first-order valence-corrected chi connectivity index (χ1v) is 14.8. The van der Waals surface area contributed by atoms with Crippen molar-refractivity contribution in [3.05, 3.63) is 107 Å².